The Morgan fingerprint density at radius 3 is 1.79 bits per heavy atom. The molecule has 2 N–H and O–H groups in total. The van der Waals surface area contributed by atoms with Crippen LogP contribution in [0.1, 0.15) is 12.6 Å². The van der Waals surface area contributed by atoms with E-state index in [1.54, 1.807) is 18.2 Å². The summed E-state index contributed by atoms with van der Waals surface area (Å²) < 4.78 is 56.3. The first-order valence-electron chi connectivity index (χ1n) is 6.57. The van der Waals surface area contributed by atoms with Crippen LogP contribution in [0, 0.1) is 23.0 Å². The molecule has 0 bridgehead atoms. The fraction of sp³-hybridized carbons (Fsp3) is 0.125. The average molecular weight is 484 g/mol. The number of benzene rings is 2. The number of rotatable bonds is 1. The van der Waals surface area contributed by atoms with Gasteiger partial charge in [0.2, 0.25) is 6.29 Å². The predicted molar refractivity (Wildman–Crippen MR) is 102 cm³/mol. The van der Waals surface area contributed by atoms with Gasteiger partial charge in [0.05, 0.1) is 15.6 Å². The third kappa shape index (κ3) is 14.7. The van der Waals surface area contributed by atoms with Crippen molar-refractivity contribution in [3.63, 3.8) is 0 Å². The van der Waals surface area contributed by atoms with E-state index in [1.807, 2.05) is 0 Å². The Morgan fingerprint density at radius 2 is 1.48 bits per heavy atom. The van der Waals surface area contributed by atoms with Gasteiger partial charge >= 0.3 is 35.7 Å². The monoisotopic (exact) mass is 483 g/mol. The van der Waals surface area contributed by atoms with E-state index in [0.29, 0.717) is 5.56 Å². The molecule has 0 spiro atoms. The third-order valence-corrected chi connectivity index (χ3v) is 3.26. The molecule has 0 saturated heterocycles. The minimum atomic E-state index is -4.64. The van der Waals surface area contributed by atoms with Gasteiger partial charge in [0, 0.05) is 15.0 Å². The molecule has 0 aromatic heterocycles. The molecule has 153 valence electrons. The van der Waals surface area contributed by atoms with Crippen molar-refractivity contribution in [3.8, 4) is 6.07 Å². The van der Waals surface area contributed by atoms with E-state index in [9.17, 15) is 22.0 Å². The van der Waals surface area contributed by atoms with E-state index in [0.717, 1.165) is 0 Å². The van der Waals surface area contributed by atoms with E-state index in [-0.39, 0.29) is 74.0 Å². The molecule has 3 nitrogen and oxygen atoms in total. The van der Waals surface area contributed by atoms with Gasteiger partial charge in [-0.3, -0.25) is 4.79 Å². The van der Waals surface area contributed by atoms with Crippen molar-refractivity contribution in [2.45, 2.75) is 12.7 Å². The first-order chi connectivity index (χ1) is 12.1. The summed E-state index contributed by atoms with van der Waals surface area (Å²) in [6.45, 7) is 0.274. The van der Waals surface area contributed by atoms with Crippen molar-refractivity contribution < 1.29 is 57.7 Å². The van der Waals surface area contributed by atoms with Crippen molar-refractivity contribution in [2.24, 2.45) is 5.73 Å². The minimum Gasteiger partial charge on any atom is -1.00 e. The normalized spacial score (nSPS) is 8.79. The summed E-state index contributed by atoms with van der Waals surface area (Å²) in [5.41, 5.74) is 6.08. The SMILES string of the molecule is Cl.N#Cc1cccc(F)c1Cl.NCc1cccc(F)c1Cl.O=CC(F)(F)F.[B].[H-].[Na+]. The first-order valence-corrected chi connectivity index (χ1v) is 7.33. The number of carbonyl (C=O) groups is 1. The van der Waals surface area contributed by atoms with Crippen LogP contribution in [0.15, 0.2) is 36.4 Å². The average Bonchev–Trinajstić information content (AvgIpc) is 2.60. The van der Waals surface area contributed by atoms with E-state index < -0.39 is 24.1 Å². The van der Waals surface area contributed by atoms with E-state index in [2.05, 4.69) is 0 Å². The molecule has 2 aromatic carbocycles. The number of hydrogen-bond donors (Lipinski definition) is 1. The number of nitrogens with two attached hydrogens (primary N) is 1. The maximum Gasteiger partial charge on any atom is 1.00 e. The number of nitrogens with zero attached hydrogens (tertiary/aromatic N) is 1. The van der Waals surface area contributed by atoms with E-state index in [1.165, 1.54) is 24.3 Å². The zero-order chi connectivity index (χ0) is 20.3. The molecular formula is C16H13BCl3F5N2NaO. The summed E-state index contributed by atoms with van der Waals surface area (Å²) in [5, 5.41) is 8.36. The zero-order valence-electron chi connectivity index (χ0n) is 15.8. The molecule has 29 heavy (non-hydrogen) atoms. The number of aldehydes is 1. The smallest absolute Gasteiger partial charge is 1.00 e. The Morgan fingerprint density at radius 1 is 1.07 bits per heavy atom. The number of carbonyl (C=O) groups excluding carboxylic acids is 1. The third-order valence-electron chi connectivity index (χ3n) is 2.46. The fourth-order valence-electron chi connectivity index (χ4n) is 1.30. The molecule has 0 aliphatic rings. The summed E-state index contributed by atoms with van der Waals surface area (Å²) in [6.07, 6.45) is -5.70. The van der Waals surface area contributed by atoms with Crippen LogP contribution in [0.25, 0.3) is 0 Å². The van der Waals surface area contributed by atoms with Crippen LogP contribution < -0.4 is 35.3 Å². The quantitative estimate of drug-likeness (QED) is 0.384. The Hall–Kier alpha value is -0.855. The molecule has 0 unspecified atom stereocenters. The van der Waals surface area contributed by atoms with Gasteiger partial charge in [-0.15, -0.1) is 12.4 Å². The molecule has 0 aliphatic carbocycles. The van der Waals surface area contributed by atoms with Gasteiger partial charge in [0.25, 0.3) is 0 Å². The Balaban J connectivity index is -0.000000101. The second kappa shape index (κ2) is 18.0. The zero-order valence-corrected chi connectivity index (χ0v) is 19.1. The summed E-state index contributed by atoms with van der Waals surface area (Å²) in [7, 11) is 0. The van der Waals surface area contributed by atoms with Crippen LogP contribution >= 0.6 is 35.6 Å². The van der Waals surface area contributed by atoms with Gasteiger partial charge < -0.3 is 7.16 Å². The molecule has 0 fully saturated rings. The molecule has 0 aliphatic heterocycles. The van der Waals surface area contributed by atoms with Crippen molar-refractivity contribution in [1.29, 1.82) is 5.26 Å². The number of nitriles is 1. The molecular weight excluding hydrogens is 471 g/mol. The summed E-state index contributed by atoms with van der Waals surface area (Å²) in [5.74, 6) is -0.967. The topological polar surface area (TPSA) is 66.9 Å². The number of alkyl halides is 3. The van der Waals surface area contributed by atoms with Gasteiger partial charge in [-0.2, -0.15) is 18.4 Å². The molecule has 13 heteroatoms. The fourth-order valence-corrected chi connectivity index (χ4v) is 1.67. The minimum absolute atomic E-state index is 0. The predicted octanol–water partition coefficient (Wildman–Crippen LogP) is 2.19. The van der Waals surface area contributed by atoms with Gasteiger partial charge in [0.1, 0.15) is 17.7 Å². The Kier molecular flexibility index (Phi) is 22.0. The van der Waals surface area contributed by atoms with Crippen molar-refractivity contribution in [3.05, 3.63) is 69.2 Å². The second-order valence-electron chi connectivity index (χ2n) is 4.29. The Bertz CT molecular complexity index is 798. The standard InChI is InChI=1S/C7H7ClFN.C7H3ClFN.C2HF3O.B.ClH.Na.H/c2*8-7-5(4-10)2-1-3-6(7)9;3-2(4,5)1-6;;;;/h1-3H,4,10H2;1-3H;1H;;1H;;/q;;;;;+1;-1. The van der Waals surface area contributed by atoms with Gasteiger partial charge in [-0.1, -0.05) is 41.4 Å². The van der Waals surface area contributed by atoms with E-state index >= 15 is 0 Å². The van der Waals surface area contributed by atoms with Gasteiger partial charge in [-0.05, 0) is 23.8 Å². The number of halogens is 8. The van der Waals surface area contributed by atoms with E-state index in [4.69, 9.17) is 39.0 Å². The maximum absolute atomic E-state index is 12.6. The second-order valence-corrected chi connectivity index (χ2v) is 5.05. The van der Waals surface area contributed by atoms with Crippen LogP contribution in [0.5, 0.6) is 0 Å². The van der Waals surface area contributed by atoms with Crippen LogP contribution in [0.4, 0.5) is 22.0 Å². The first kappa shape index (κ1) is 35.6. The van der Waals surface area contributed by atoms with Crippen molar-refractivity contribution in [1.82, 2.24) is 0 Å². The summed E-state index contributed by atoms with van der Waals surface area (Å²) in [6, 6.07) is 10.5. The van der Waals surface area contributed by atoms with Gasteiger partial charge in [0.15, 0.2) is 0 Å². The molecule has 0 saturated carbocycles. The molecule has 2 aromatic rings. The van der Waals surface area contributed by atoms with Crippen molar-refractivity contribution in [2.75, 3.05) is 0 Å². The Labute approximate surface area is 206 Å². The molecule has 2 rings (SSSR count). The van der Waals surface area contributed by atoms with Crippen LogP contribution in [0.3, 0.4) is 0 Å². The summed E-state index contributed by atoms with van der Waals surface area (Å²) in [4.78, 5) is 8.70. The van der Waals surface area contributed by atoms with Crippen LogP contribution in [-0.2, 0) is 11.3 Å². The largest absolute Gasteiger partial charge is 1.00 e. The van der Waals surface area contributed by atoms with Crippen LogP contribution in [0.2, 0.25) is 10.0 Å². The molecule has 0 atom stereocenters. The molecule has 0 heterocycles. The maximum atomic E-state index is 12.6. The number of hydrogen-bond acceptors (Lipinski definition) is 3. The molecule has 3 radical (unpaired) electrons. The van der Waals surface area contributed by atoms with Gasteiger partial charge in [-0.25, -0.2) is 8.78 Å². The molecule has 0 amide bonds. The van der Waals surface area contributed by atoms with Crippen LogP contribution in [-0.4, -0.2) is 20.9 Å². The van der Waals surface area contributed by atoms with Crippen molar-refractivity contribution >= 4 is 50.3 Å². The summed E-state index contributed by atoms with van der Waals surface area (Å²) >= 11 is 10.9.